The number of hydrogen-bond donors (Lipinski definition) is 2. The number of benzene rings is 2. The van der Waals surface area contributed by atoms with Crippen molar-refractivity contribution in [2.45, 2.75) is 26.2 Å². The van der Waals surface area contributed by atoms with Crippen molar-refractivity contribution in [3.05, 3.63) is 53.6 Å². The zero-order valence-corrected chi connectivity index (χ0v) is 17.9. The van der Waals surface area contributed by atoms with Gasteiger partial charge >= 0.3 is 0 Å². The topological polar surface area (TPSA) is 68.9 Å². The van der Waals surface area contributed by atoms with Gasteiger partial charge in [-0.05, 0) is 54.7 Å². The fourth-order valence-corrected chi connectivity index (χ4v) is 2.53. The zero-order valence-electron chi connectivity index (χ0n) is 15.6. The summed E-state index contributed by atoms with van der Waals surface area (Å²) in [5.41, 5.74) is 9.39. The van der Waals surface area contributed by atoms with Gasteiger partial charge in [0.1, 0.15) is 0 Å². The molecule has 2 rings (SSSR count). The van der Waals surface area contributed by atoms with Crippen LogP contribution in [-0.2, 0) is 12.8 Å². The molecule has 0 saturated heterocycles. The van der Waals surface area contributed by atoms with Crippen LogP contribution in [0.3, 0.4) is 0 Å². The molecule has 0 aliphatic rings. The summed E-state index contributed by atoms with van der Waals surface area (Å²) < 4.78 is 10.6. The summed E-state index contributed by atoms with van der Waals surface area (Å²) in [6.07, 6.45) is 2.84. The van der Waals surface area contributed by atoms with E-state index >= 15 is 0 Å². The van der Waals surface area contributed by atoms with Crippen LogP contribution in [0.25, 0.3) is 0 Å². The number of hydrogen-bond acceptors (Lipinski definition) is 3. The molecule has 5 nitrogen and oxygen atoms in total. The summed E-state index contributed by atoms with van der Waals surface area (Å²) in [6, 6.07) is 14.2. The van der Waals surface area contributed by atoms with Crippen molar-refractivity contribution in [3.8, 4) is 11.5 Å². The van der Waals surface area contributed by atoms with Crippen LogP contribution in [0.1, 0.15) is 24.5 Å². The maximum atomic E-state index is 5.94. The lowest BCUT2D eigenvalue weighted by molar-refractivity contribution is 0.354. The third kappa shape index (κ3) is 6.74. The number of ether oxygens (including phenoxy) is 2. The lowest BCUT2D eigenvalue weighted by Crippen LogP contribution is -2.22. The molecule has 2 aromatic rings. The van der Waals surface area contributed by atoms with Crippen LogP contribution in [0.5, 0.6) is 11.5 Å². The second-order valence-electron chi connectivity index (χ2n) is 5.74. The second-order valence-corrected chi connectivity index (χ2v) is 5.74. The molecule has 0 radical (unpaired) electrons. The Kier molecular flexibility index (Phi) is 9.87. The van der Waals surface area contributed by atoms with Gasteiger partial charge in [-0.3, -0.25) is 4.99 Å². The van der Waals surface area contributed by atoms with Crippen molar-refractivity contribution in [2.75, 3.05) is 26.1 Å². The molecular formula is C20H28IN3O2. The van der Waals surface area contributed by atoms with Gasteiger partial charge in [-0.25, -0.2) is 0 Å². The third-order valence-corrected chi connectivity index (χ3v) is 3.99. The Balaban J connectivity index is 0.00000338. The van der Waals surface area contributed by atoms with Crippen molar-refractivity contribution in [2.24, 2.45) is 10.7 Å². The van der Waals surface area contributed by atoms with Crippen molar-refractivity contribution >= 4 is 35.6 Å². The molecule has 26 heavy (non-hydrogen) atoms. The molecule has 0 bridgehead atoms. The van der Waals surface area contributed by atoms with E-state index in [1.54, 1.807) is 14.2 Å². The van der Waals surface area contributed by atoms with Gasteiger partial charge < -0.3 is 20.5 Å². The van der Waals surface area contributed by atoms with E-state index in [2.05, 4.69) is 29.4 Å². The monoisotopic (exact) mass is 469 g/mol. The predicted octanol–water partition coefficient (Wildman–Crippen LogP) is 4.24. The first-order valence-corrected chi connectivity index (χ1v) is 8.53. The highest BCUT2D eigenvalue weighted by molar-refractivity contribution is 14.0. The number of nitrogens with zero attached hydrogens (tertiary/aromatic N) is 1. The first-order valence-electron chi connectivity index (χ1n) is 8.53. The van der Waals surface area contributed by atoms with E-state index in [0.29, 0.717) is 12.5 Å². The molecule has 0 aromatic heterocycles. The van der Waals surface area contributed by atoms with Gasteiger partial charge in [-0.1, -0.05) is 25.1 Å². The maximum absolute atomic E-state index is 5.94. The molecule has 2 aromatic carbocycles. The molecule has 142 valence electrons. The maximum Gasteiger partial charge on any atom is 0.193 e. The molecule has 0 aliphatic carbocycles. The molecule has 6 heteroatoms. The van der Waals surface area contributed by atoms with Crippen LogP contribution < -0.4 is 20.5 Å². The number of halogens is 1. The van der Waals surface area contributed by atoms with E-state index in [9.17, 15) is 0 Å². The second kappa shape index (κ2) is 11.6. The van der Waals surface area contributed by atoms with Gasteiger partial charge in [0.05, 0.1) is 14.2 Å². The molecule has 0 fully saturated rings. The van der Waals surface area contributed by atoms with Crippen molar-refractivity contribution < 1.29 is 9.47 Å². The zero-order chi connectivity index (χ0) is 18.1. The van der Waals surface area contributed by atoms with Gasteiger partial charge in [0, 0.05) is 12.2 Å². The number of nitrogens with two attached hydrogens (primary N) is 1. The summed E-state index contributed by atoms with van der Waals surface area (Å²) in [5, 5.41) is 3.12. The molecule has 0 atom stereocenters. The lowest BCUT2D eigenvalue weighted by atomic mass is 10.1. The van der Waals surface area contributed by atoms with Crippen molar-refractivity contribution in [1.82, 2.24) is 0 Å². The Morgan fingerprint density at radius 1 is 1.00 bits per heavy atom. The Hall–Kier alpha value is -1.96. The number of aryl methyl sites for hydroxylation is 2. The SMILES string of the molecule is CCc1ccc(NC(N)=NCCCc2ccc(OC)c(OC)c2)cc1.I. The Labute approximate surface area is 173 Å². The molecular weight excluding hydrogens is 441 g/mol. The molecule has 0 unspecified atom stereocenters. The molecule has 3 N–H and O–H groups in total. The Bertz CT molecular complexity index is 703. The van der Waals surface area contributed by atoms with Crippen molar-refractivity contribution in [3.63, 3.8) is 0 Å². The van der Waals surface area contributed by atoms with E-state index in [4.69, 9.17) is 15.2 Å². The normalized spacial score (nSPS) is 10.8. The highest BCUT2D eigenvalue weighted by atomic mass is 127. The number of rotatable bonds is 8. The third-order valence-electron chi connectivity index (χ3n) is 3.99. The van der Waals surface area contributed by atoms with E-state index < -0.39 is 0 Å². The largest absolute Gasteiger partial charge is 0.493 e. The van der Waals surface area contributed by atoms with Gasteiger partial charge in [0.25, 0.3) is 0 Å². The van der Waals surface area contributed by atoms with E-state index in [1.807, 2.05) is 30.3 Å². The smallest absolute Gasteiger partial charge is 0.193 e. The van der Waals surface area contributed by atoms with Crippen LogP contribution in [0.15, 0.2) is 47.5 Å². The van der Waals surface area contributed by atoms with Crippen LogP contribution in [0.2, 0.25) is 0 Å². The van der Waals surface area contributed by atoms with Crippen LogP contribution in [-0.4, -0.2) is 26.7 Å². The summed E-state index contributed by atoms with van der Waals surface area (Å²) in [7, 11) is 3.28. The number of anilines is 1. The molecule has 0 heterocycles. The average molecular weight is 469 g/mol. The Morgan fingerprint density at radius 2 is 1.65 bits per heavy atom. The molecule has 0 aliphatic heterocycles. The number of nitrogens with one attached hydrogen (secondary N) is 1. The fraction of sp³-hybridized carbons (Fsp3) is 0.350. The van der Waals surface area contributed by atoms with Crippen molar-refractivity contribution in [1.29, 1.82) is 0 Å². The summed E-state index contributed by atoms with van der Waals surface area (Å²) in [5.74, 6) is 1.93. The first-order chi connectivity index (χ1) is 12.2. The van der Waals surface area contributed by atoms with Crippen LogP contribution >= 0.6 is 24.0 Å². The standard InChI is InChI=1S/C20H27N3O2.HI/c1-4-15-7-10-17(11-8-15)23-20(21)22-13-5-6-16-9-12-18(24-2)19(14-16)25-3;/h7-12,14H,4-6,13H2,1-3H3,(H3,21,22,23);1H. The van der Waals surface area contributed by atoms with E-state index in [0.717, 1.165) is 36.4 Å². The average Bonchev–Trinajstić information content (AvgIpc) is 2.65. The molecule has 0 spiro atoms. The minimum atomic E-state index is 0. The highest BCUT2D eigenvalue weighted by Gasteiger charge is 2.04. The fourth-order valence-electron chi connectivity index (χ4n) is 2.53. The van der Waals surface area contributed by atoms with Gasteiger partial charge in [0.2, 0.25) is 0 Å². The molecule has 0 saturated carbocycles. The van der Waals surface area contributed by atoms with E-state index in [-0.39, 0.29) is 24.0 Å². The highest BCUT2D eigenvalue weighted by Crippen LogP contribution is 2.27. The number of methoxy groups -OCH3 is 2. The van der Waals surface area contributed by atoms with Gasteiger partial charge in [-0.2, -0.15) is 0 Å². The van der Waals surface area contributed by atoms with Gasteiger partial charge in [0.15, 0.2) is 17.5 Å². The summed E-state index contributed by atoms with van der Waals surface area (Å²) in [4.78, 5) is 4.38. The lowest BCUT2D eigenvalue weighted by Gasteiger charge is -2.09. The predicted molar refractivity (Wildman–Crippen MR) is 119 cm³/mol. The molecule has 0 amide bonds. The quantitative estimate of drug-likeness (QED) is 0.263. The number of aliphatic imine (C=N–C) groups is 1. The van der Waals surface area contributed by atoms with Crippen LogP contribution in [0.4, 0.5) is 5.69 Å². The minimum Gasteiger partial charge on any atom is -0.493 e. The van der Waals surface area contributed by atoms with Gasteiger partial charge in [-0.15, -0.1) is 24.0 Å². The van der Waals surface area contributed by atoms with E-state index in [1.165, 1.54) is 11.1 Å². The minimum absolute atomic E-state index is 0. The Morgan fingerprint density at radius 3 is 2.27 bits per heavy atom. The first kappa shape index (κ1) is 22.1. The van der Waals surface area contributed by atoms with Crippen LogP contribution in [0, 0.1) is 0 Å². The summed E-state index contributed by atoms with van der Waals surface area (Å²) in [6.45, 7) is 2.80. The summed E-state index contributed by atoms with van der Waals surface area (Å²) >= 11 is 0. The number of guanidine groups is 1.